The second kappa shape index (κ2) is 7.17. The van der Waals surface area contributed by atoms with Crippen molar-refractivity contribution in [1.29, 1.82) is 0 Å². The molecule has 0 fully saturated rings. The summed E-state index contributed by atoms with van der Waals surface area (Å²) < 4.78 is 7.08. The van der Waals surface area contributed by atoms with Crippen LogP contribution in [-0.2, 0) is 0 Å². The van der Waals surface area contributed by atoms with Gasteiger partial charge >= 0.3 is 0 Å². The van der Waals surface area contributed by atoms with Gasteiger partial charge in [-0.1, -0.05) is 19.0 Å². The first-order valence-electron chi connectivity index (χ1n) is 6.06. The molecule has 0 spiro atoms. The van der Waals surface area contributed by atoms with Gasteiger partial charge in [-0.05, 0) is 44.3 Å². The van der Waals surface area contributed by atoms with Crippen LogP contribution in [0.1, 0.15) is 20.3 Å². The number of oxime groups is 1. The highest BCUT2D eigenvalue weighted by atomic mass is 79.9. The Labute approximate surface area is 135 Å². The average molecular weight is 409 g/mol. The number of methoxy groups -OCH3 is 1. The Kier molecular flexibility index (Phi) is 6.13. The van der Waals surface area contributed by atoms with Gasteiger partial charge in [-0.3, -0.25) is 0 Å². The molecule has 0 unspecified atom stereocenters. The minimum atomic E-state index is -0.367. The van der Waals surface area contributed by atoms with Gasteiger partial charge in [-0.2, -0.15) is 0 Å². The predicted octanol–water partition coefficient (Wildman–Crippen LogP) is 3.79. The van der Waals surface area contributed by atoms with Crippen LogP contribution >= 0.6 is 31.9 Å². The molecule has 0 amide bonds. The first-order chi connectivity index (χ1) is 9.31. The van der Waals surface area contributed by atoms with Crippen LogP contribution in [0.4, 0.5) is 5.69 Å². The molecule has 0 aliphatic heterocycles. The Bertz CT molecular complexity index is 505. The highest BCUT2D eigenvalue weighted by Crippen LogP contribution is 2.34. The van der Waals surface area contributed by atoms with E-state index in [9.17, 15) is 0 Å². The van der Waals surface area contributed by atoms with E-state index in [0.717, 1.165) is 26.8 Å². The van der Waals surface area contributed by atoms with E-state index in [2.05, 4.69) is 42.3 Å². The Morgan fingerprint density at radius 3 is 2.60 bits per heavy atom. The Hall–Kier alpha value is -0.950. The first kappa shape index (κ1) is 17.1. The van der Waals surface area contributed by atoms with Gasteiger partial charge in [0, 0.05) is 22.5 Å². The number of anilines is 1. The van der Waals surface area contributed by atoms with Crippen molar-refractivity contribution in [3.63, 3.8) is 0 Å². The SMILES string of the molecule is COc1cc(NCCC(C)(C)/C(N)=N/O)c(Br)cc1Br. The molecule has 0 radical (unpaired) electrons. The van der Waals surface area contributed by atoms with E-state index in [1.807, 2.05) is 26.0 Å². The van der Waals surface area contributed by atoms with E-state index in [-0.39, 0.29) is 11.3 Å². The summed E-state index contributed by atoms with van der Waals surface area (Å²) in [5.41, 5.74) is 6.23. The van der Waals surface area contributed by atoms with Crippen LogP contribution in [0.15, 0.2) is 26.2 Å². The molecule has 0 aliphatic carbocycles. The lowest BCUT2D eigenvalue weighted by Gasteiger charge is -2.23. The molecule has 0 saturated heterocycles. The smallest absolute Gasteiger partial charge is 0.144 e. The zero-order valence-electron chi connectivity index (χ0n) is 11.7. The maximum atomic E-state index is 8.74. The normalized spacial score (nSPS) is 12.3. The first-order valence-corrected chi connectivity index (χ1v) is 7.65. The van der Waals surface area contributed by atoms with Crippen LogP contribution in [-0.4, -0.2) is 24.7 Å². The van der Waals surface area contributed by atoms with Gasteiger partial charge in [0.1, 0.15) is 11.6 Å². The van der Waals surface area contributed by atoms with Crippen LogP contribution in [0.25, 0.3) is 0 Å². The number of hydrogen-bond donors (Lipinski definition) is 3. The summed E-state index contributed by atoms with van der Waals surface area (Å²) in [6, 6.07) is 3.83. The predicted molar refractivity (Wildman–Crippen MR) is 88.7 cm³/mol. The fourth-order valence-electron chi connectivity index (χ4n) is 1.59. The molecule has 0 aromatic heterocycles. The molecule has 1 aromatic rings. The van der Waals surface area contributed by atoms with Gasteiger partial charge in [0.25, 0.3) is 0 Å². The molecule has 0 saturated carbocycles. The molecule has 1 aromatic carbocycles. The Morgan fingerprint density at radius 1 is 1.40 bits per heavy atom. The molecule has 4 N–H and O–H groups in total. The molecule has 0 aliphatic rings. The summed E-state index contributed by atoms with van der Waals surface area (Å²) in [6.45, 7) is 4.55. The van der Waals surface area contributed by atoms with Crippen LogP contribution < -0.4 is 15.8 Å². The van der Waals surface area contributed by atoms with Gasteiger partial charge in [-0.25, -0.2) is 0 Å². The van der Waals surface area contributed by atoms with Crippen molar-refractivity contribution in [2.24, 2.45) is 16.3 Å². The van der Waals surface area contributed by atoms with Crippen LogP contribution in [0.2, 0.25) is 0 Å². The number of ether oxygens (including phenoxy) is 1. The van der Waals surface area contributed by atoms with E-state index < -0.39 is 0 Å². The molecule has 112 valence electrons. The fourth-order valence-corrected chi connectivity index (χ4v) is 2.89. The monoisotopic (exact) mass is 407 g/mol. The maximum absolute atomic E-state index is 8.74. The molecule has 1 rings (SSSR count). The van der Waals surface area contributed by atoms with Gasteiger partial charge in [0.2, 0.25) is 0 Å². The molecule has 0 bridgehead atoms. The summed E-state index contributed by atoms with van der Waals surface area (Å²) in [5, 5.41) is 15.1. The van der Waals surface area contributed by atoms with Gasteiger partial charge < -0.3 is 21.0 Å². The zero-order chi connectivity index (χ0) is 15.3. The summed E-state index contributed by atoms with van der Waals surface area (Å²) in [5.74, 6) is 0.984. The van der Waals surface area contributed by atoms with Crippen molar-refractivity contribution in [3.05, 3.63) is 21.1 Å². The van der Waals surface area contributed by atoms with Crippen molar-refractivity contribution in [1.82, 2.24) is 0 Å². The molecule has 7 heteroatoms. The van der Waals surface area contributed by atoms with Crippen molar-refractivity contribution in [3.8, 4) is 5.75 Å². The number of nitrogens with one attached hydrogen (secondary N) is 1. The van der Waals surface area contributed by atoms with Crippen LogP contribution in [0, 0.1) is 5.41 Å². The third-order valence-electron chi connectivity index (χ3n) is 3.11. The second-order valence-electron chi connectivity index (χ2n) is 5.01. The lowest BCUT2D eigenvalue weighted by atomic mass is 9.88. The summed E-state index contributed by atoms with van der Waals surface area (Å²) in [6.07, 6.45) is 0.730. The quantitative estimate of drug-likeness (QED) is 0.289. The van der Waals surface area contributed by atoms with Crippen molar-refractivity contribution >= 4 is 43.4 Å². The Balaban J connectivity index is 2.72. The molecule has 5 nitrogen and oxygen atoms in total. The fraction of sp³-hybridized carbons (Fsp3) is 0.462. The highest BCUT2D eigenvalue weighted by molar-refractivity contribution is 9.11. The van der Waals surface area contributed by atoms with Crippen molar-refractivity contribution in [2.45, 2.75) is 20.3 Å². The number of amidine groups is 1. The standard InChI is InChI=1S/C13H19Br2N3O2/c1-13(2,12(16)18-19)4-5-17-10-7-11(20-3)9(15)6-8(10)14/h6-7,17,19H,4-5H2,1-3H3,(H2,16,18). The summed E-state index contributed by atoms with van der Waals surface area (Å²) in [7, 11) is 1.62. The topological polar surface area (TPSA) is 79.9 Å². The van der Waals surface area contributed by atoms with E-state index >= 15 is 0 Å². The lowest BCUT2D eigenvalue weighted by molar-refractivity contribution is 0.306. The number of benzene rings is 1. The number of rotatable bonds is 6. The van der Waals surface area contributed by atoms with Crippen molar-refractivity contribution in [2.75, 3.05) is 19.0 Å². The number of nitrogens with zero attached hydrogens (tertiary/aromatic N) is 1. The minimum Gasteiger partial charge on any atom is -0.495 e. The van der Waals surface area contributed by atoms with Gasteiger partial charge in [0.15, 0.2) is 0 Å². The number of nitrogens with two attached hydrogens (primary N) is 1. The molecule has 20 heavy (non-hydrogen) atoms. The average Bonchev–Trinajstić information content (AvgIpc) is 2.40. The molecular weight excluding hydrogens is 390 g/mol. The lowest BCUT2D eigenvalue weighted by Crippen LogP contribution is -2.33. The van der Waals surface area contributed by atoms with Crippen LogP contribution in [0.5, 0.6) is 5.75 Å². The van der Waals surface area contributed by atoms with Crippen molar-refractivity contribution < 1.29 is 9.94 Å². The molecule has 0 heterocycles. The third-order valence-corrected chi connectivity index (χ3v) is 4.38. The summed E-state index contributed by atoms with van der Waals surface area (Å²) >= 11 is 6.92. The largest absolute Gasteiger partial charge is 0.495 e. The van der Waals surface area contributed by atoms with Crippen LogP contribution in [0.3, 0.4) is 0 Å². The Morgan fingerprint density at radius 2 is 2.05 bits per heavy atom. The zero-order valence-corrected chi connectivity index (χ0v) is 14.9. The van der Waals surface area contributed by atoms with E-state index in [1.54, 1.807) is 7.11 Å². The molecular formula is C13H19Br2N3O2. The van der Waals surface area contributed by atoms with Gasteiger partial charge in [0.05, 0.1) is 17.3 Å². The number of hydrogen-bond acceptors (Lipinski definition) is 4. The number of halogens is 2. The summed E-state index contributed by atoms with van der Waals surface area (Å²) in [4.78, 5) is 0. The maximum Gasteiger partial charge on any atom is 0.144 e. The molecule has 0 atom stereocenters. The van der Waals surface area contributed by atoms with E-state index in [4.69, 9.17) is 15.7 Å². The van der Waals surface area contributed by atoms with Gasteiger partial charge in [-0.15, -0.1) is 0 Å². The third kappa shape index (κ3) is 4.28. The van der Waals surface area contributed by atoms with E-state index in [1.165, 1.54) is 0 Å². The highest BCUT2D eigenvalue weighted by Gasteiger charge is 2.23. The second-order valence-corrected chi connectivity index (χ2v) is 6.72. The van der Waals surface area contributed by atoms with E-state index in [0.29, 0.717) is 6.54 Å². The minimum absolute atomic E-state index is 0.228.